The maximum Gasteiger partial charge on any atom is 0.341 e. The highest BCUT2D eigenvalue weighted by Gasteiger charge is 2.25. The summed E-state index contributed by atoms with van der Waals surface area (Å²) in [4.78, 5) is 39.0. The van der Waals surface area contributed by atoms with Gasteiger partial charge in [0, 0.05) is 6.20 Å². The van der Waals surface area contributed by atoms with Gasteiger partial charge in [0.05, 0.1) is 5.56 Å². The quantitative estimate of drug-likeness (QED) is 0.802. The van der Waals surface area contributed by atoms with Crippen molar-refractivity contribution >= 4 is 30.2 Å². The Labute approximate surface area is 135 Å². The number of carbonyl (C=O) groups excluding carboxylic acids is 3. The summed E-state index contributed by atoms with van der Waals surface area (Å²) in [6.45, 7) is 6.60. The van der Waals surface area contributed by atoms with Crippen LogP contribution in [0.25, 0.3) is 0 Å². The van der Waals surface area contributed by atoms with Crippen LogP contribution in [0, 0.1) is 0 Å². The molecule has 0 radical (unpaired) electrons. The van der Waals surface area contributed by atoms with E-state index in [2.05, 4.69) is 10.3 Å². The highest BCUT2D eigenvalue weighted by atomic mass is 35.5. The van der Waals surface area contributed by atoms with Crippen LogP contribution in [0.3, 0.4) is 0 Å². The Balaban J connectivity index is 0.00000441. The number of amides is 2. The van der Waals surface area contributed by atoms with Crippen molar-refractivity contribution in [2.75, 3.05) is 0 Å². The number of hydrogen-bond acceptors (Lipinski definition) is 5. The van der Waals surface area contributed by atoms with Crippen LogP contribution < -0.4 is 11.1 Å². The summed E-state index contributed by atoms with van der Waals surface area (Å²) in [5.41, 5.74) is 4.30. The van der Waals surface area contributed by atoms with Crippen LogP contribution in [0.5, 0.6) is 0 Å². The lowest BCUT2D eigenvalue weighted by atomic mass is 10.1. The first kappa shape index (κ1) is 19.9. The summed E-state index contributed by atoms with van der Waals surface area (Å²) >= 11 is 0. The number of aromatic nitrogens is 1. The minimum Gasteiger partial charge on any atom is -0.456 e. The van der Waals surface area contributed by atoms with E-state index in [-0.39, 0.29) is 23.7 Å². The van der Waals surface area contributed by atoms with Gasteiger partial charge in [-0.1, -0.05) is 0 Å². The first-order valence-corrected chi connectivity index (χ1v) is 6.40. The number of pyridine rings is 1. The van der Waals surface area contributed by atoms with Gasteiger partial charge in [-0.15, -0.1) is 12.4 Å². The van der Waals surface area contributed by atoms with Gasteiger partial charge < -0.3 is 15.8 Å². The Bertz CT molecular complexity index is 569. The molecule has 0 bridgehead atoms. The van der Waals surface area contributed by atoms with Crippen LogP contribution in [0.1, 0.15) is 48.5 Å². The summed E-state index contributed by atoms with van der Waals surface area (Å²) < 4.78 is 5.22. The van der Waals surface area contributed by atoms with Crippen LogP contribution in [0.4, 0.5) is 0 Å². The van der Waals surface area contributed by atoms with E-state index in [0.29, 0.717) is 0 Å². The first-order chi connectivity index (χ1) is 9.61. The molecule has 0 saturated heterocycles. The number of hydrogen-bond donors (Lipinski definition) is 2. The summed E-state index contributed by atoms with van der Waals surface area (Å²) in [5, 5.41) is 2.37. The third-order valence-electron chi connectivity index (χ3n) is 2.42. The molecule has 0 aromatic carbocycles. The van der Waals surface area contributed by atoms with E-state index in [1.165, 1.54) is 25.3 Å². The van der Waals surface area contributed by atoms with Gasteiger partial charge in [-0.2, -0.15) is 0 Å². The molecule has 0 saturated carbocycles. The summed E-state index contributed by atoms with van der Waals surface area (Å²) in [5.74, 6) is -2.01. The number of esters is 1. The Morgan fingerprint density at radius 3 is 2.41 bits per heavy atom. The maximum atomic E-state index is 12.1. The van der Waals surface area contributed by atoms with E-state index >= 15 is 0 Å². The molecule has 0 unspecified atom stereocenters. The van der Waals surface area contributed by atoms with Gasteiger partial charge in [-0.05, 0) is 39.8 Å². The summed E-state index contributed by atoms with van der Waals surface area (Å²) in [6, 6.07) is 2.09. The molecule has 1 aromatic rings. The zero-order chi connectivity index (χ0) is 16.2. The van der Waals surface area contributed by atoms with Gasteiger partial charge in [0.1, 0.15) is 17.3 Å². The molecule has 22 heavy (non-hydrogen) atoms. The fourth-order valence-electron chi connectivity index (χ4n) is 1.42. The van der Waals surface area contributed by atoms with Crippen LogP contribution >= 0.6 is 12.4 Å². The molecular formula is C14H20ClN3O4. The molecule has 0 aliphatic rings. The van der Waals surface area contributed by atoms with Crippen molar-refractivity contribution < 1.29 is 19.1 Å². The van der Waals surface area contributed by atoms with E-state index in [9.17, 15) is 14.4 Å². The third-order valence-corrected chi connectivity index (χ3v) is 2.42. The van der Waals surface area contributed by atoms with Crippen molar-refractivity contribution in [3.8, 4) is 0 Å². The molecule has 7 nitrogen and oxygen atoms in total. The minimum absolute atomic E-state index is 0. The fourth-order valence-corrected chi connectivity index (χ4v) is 1.42. The van der Waals surface area contributed by atoms with Gasteiger partial charge in [-0.25, -0.2) is 4.79 Å². The van der Waals surface area contributed by atoms with E-state index < -0.39 is 29.4 Å². The predicted octanol–water partition coefficient (Wildman–Crippen LogP) is 1.06. The molecule has 0 aliphatic carbocycles. The number of ether oxygens (including phenoxy) is 1. The number of carbonyl (C=O) groups is 3. The zero-order valence-electron chi connectivity index (χ0n) is 12.9. The van der Waals surface area contributed by atoms with E-state index in [4.69, 9.17) is 10.5 Å². The highest BCUT2D eigenvalue weighted by Crippen LogP contribution is 2.14. The molecule has 0 aliphatic heterocycles. The van der Waals surface area contributed by atoms with Crippen LogP contribution in [0.15, 0.2) is 18.3 Å². The molecule has 1 heterocycles. The lowest BCUT2D eigenvalue weighted by Gasteiger charge is -2.20. The van der Waals surface area contributed by atoms with Crippen molar-refractivity contribution in [2.24, 2.45) is 5.73 Å². The van der Waals surface area contributed by atoms with Gasteiger partial charge in [0.2, 0.25) is 5.91 Å². The molecule has 0 fully saturated rings. The van der Waals surface area contributed by atoms with Crippen LogP contribution in [-0.4, -0.2) is 34.4 Å². The van der Waals surface area contributed by atoms with Gasteiger partial charge in [0.25, 0.3) is 5.91 Å². The van der Waals surface area contributed by atoms with Crippen molar-refractivity contribution in [3.63, 3.8) is 0 Å². The second-order valence-corrected chi connectivity index (χ2v) is 5.50. The van der Waals surface area contributed by atoms with Crippen molar-refractivity contribution in [1.82, 2.24) is 10.3 Å². The van der Waals surface area contributed by atoms with Crippen LogP contribution in [0.2, 0.25) is 0 Å². The molecular weight excluding hydrogens is 310 g/mol. The molecule has 1 rings (SSSR count). The van der Waals surface area contributed by atoms with E-state index in [0.717, 1.165) is 0 Å². The monoisotopic (exact) mass is 329 g/mol. The molecule has 8 heteroatoms. The minimum atomic E-state index is -0.869. The second-order valence-electron chi connectivity index (χ2n) is 5.50. The Kier molecular flexibility index (Phi) is 6.99. The van der Waals surface area contributed by atoms with Gasteiger partial charge in [0.15, 0.2) is 0 Å². The number of nitrogens with two attached hydrogens (primary N) is 1. The Hall–Kier alpha value is -2.15. The van der Waals surface area contributed by atoms with E-state index in [1.807, 2.05) is 0 Å². The lowest BCUT2D eigenvalue weighted by molar-refractivity contribution is -0.119. The number of nitrogens with one attached hydrogen (secondary N) is 1. The topological polar surface area (TPSA) is 111 Å². The summed E-state index contributed by atoms with van der Waals surface area (Å²) in [6.07, 6.45) is 1.37. The van der Waals surface area contributed by atoms with Gasteiger partial charge in [-0.3, -0.25) is 14.6 Å². The Morgan fingerprint density at radius 1 is 1.32 bits per heavy atom. The molecule has 122 valence electrons. The molecule has 3 N–H and O–H groups in total. The smallest absolute Gasteiger partial charge is 0.341 e. The normalized spacial score (nSPS) is 11.8. The lowest BCUT2D eigenvalue weighted by Crippen LogP contribution is -2.43. The van der Waals surface area contributed by atoms with Crippen molar-refractivity contribution in [1.29, 1.82) is 0 Å². The second kappa shape index (κ2) is 7.74. The fraction of sp³-hybridized carbons (Fsp3) is 0.429. The van der Waals surface area contributed by atoms with E-state index in [1.54, 1.807) is 20.8 Å². The highest BCUT2D eigenvalue weighted by molar-refractivity contribution is 6.05. The molecule has 0 spiro atoms. The third kappa shape index (κ3) is 5.69. The zero-order valence-corrected chi connectivity index (χ0v) is 13.7. The Morgan fingerprint density at radius 2 is 1.91 bits per heavy atom. The molecule has 1 aromatic heterocycles. The standard InChI is InChI=1S/C14H19N3O4.ClH/c1-8(11(15)18)17-12(19)10-9(6-5-7-16-10)13(20)21-14(2,3)4;/h5-8H,1-4H3,(H2,15,18)(H,17,19);1H/t8-;/m0./s1. The number of rotatable bonds is 4. The van der Waals surface area contributed by atoms with Gasteiger partial charge >= 0.3 is 5.97 Å². The SMILES string of the molecule is C[C@H](NC(=O)c1ncccc1C(=O)OC(C)(C)C)C(N)=O.Cl. The van der Waals surface area contributed by atoms with Crippen molar-refractivity contribution in [2.45, 2.75) is 39.3 Å². The summed E-state index contributed by atoms with van der Waals surface area (Å²) in [7, 11) is 0. The maximum absolute atomic E-state index is 12.1. The van der Waals surface area contributed by atoms with Crippen molar-refractivity contribution in [3.05, 3.63) is 29.6 Å². The number of halogens is 1. The molecule has 1 atom stereocenters. The van der Waals surface area contributed by atoms with Crippen LogP contribution in [-0.2, 0) is 9.53 Å². The first-order valence-electron chi connectivity index (χ1n) is 6.40. The predicted molar refractivity (Wildman–Crippen MR) is 82.8 cm³/mol. The molecule has 2 amide bonds. The number of nitrogens with zero attached hydrogens (tertiary/aromatic N) is 1. The number of primary amides is 1. The average molecular weight is 330 g/mol. The average Bonchev–Trinajstić information content (AvgIpc) is 2.36. The largest absolute Gasteiger partial charge is 0.456 e.